The highest BCUT2D eigenvalue weighted by Crippen LogP contribution is 2.61. The highest BCUT2D eigenvalue weighted by molar-refractivity contribution is 6.08. The van der Waals surface area contributed by atoms with E-state index in [1.165, 1.54) is 38.9 Å². The lowest BCUT2D eigenvalue weighted by molar-refractivity contribution is 0.163. The molecule has 1 aliphatic carbocycles. The van der Waals surface area contributed by atoms with Crippen LogP contribution in [-0.4, -0.2) is 34.3 Å². The van der Waals surface area contributed by atoms with Gasteiger partial charge in [0.25, 0.3) is 0 Å². The maximum absolute atomic E-state index is 7.58. The van der Waals surface area contributed by atoms with Crippen LogP contribution in [0.1, 0.15) is 40.7 Å². The first-order chi connectivity index (χ1) is 24.0. The van der Waals surface area contributed by atoms with Crippen molar-refractivity contribution in [2.45, 2.75) is 23.9 Å². The maximum atomic E-state index is 7.58. The molecule has 9 rings (SSSR count). The number of anilines is 2. The Morgan fingerprint density at radius 3 is 2.02 bits per heavy atom. The van der Waals surface area contributed by atoms with Crippen molar-refractivity contribution in [3.63, 3.8) is 0 Å². The van der Waals surface area contributed by atoms with E-state index in [0.29, 0.717) is 0 Å². The lowest BCUT2D eigenvalue weighted by Crippen LogP contribution is -2.43. The van der Waals surface area contributed by atoms with Gasteiger partial charge in [-0.1, -0.05) is 97.1 Å². The molecule has 2 aliphatic heterocycles. The third kappa shape index (κ3) is 4.43. The zero-order valence-corrected chi connectivity index (χ0v) is 28.3. The van der Waals surface area contributed by atoms with E-state index in [9.17, 15) is 0 Å². The summed E-state index contributed by atoms with van der Waals surface area (Å²) in [6, 6.07) is 46.0. The van der Waals surface area contributed by atoms with E-state index in [1.54, 1.807) is 7.11 Å². The average Bonchev–Trinajstić information content (AvgIpc) is 3.45. The number of nitrogens with zero attached hydrogens (tertiary/aromatic N) is 2. The van der Waals surface area contributed by atoms with Crippen molar-refractivity contribution in [3.05, 3.63) is 161 Å². The van der Waals surface area contributed by atoms with E-state index >= 15 is 0 Å². The molecule has 1 fully saturated rings. The van der Waals surface area contributed by atoms with Crippen LogP contribution in [0.25, 0.3) is 28.0 Å². The van der Waals surface area contributed by atoms with Gasteiger partial charge in [0.15, 0.2) is 5.60 Å². The molecule has 0 amide bonds. The van der Waals surface area contributed by atoms with E-state index in [4.69, 9.17) is 9.47 Å². The first-order valence-corrected chi connectivity index (χ1v) is 17.3. The smallest absolute Gasteiger partial charge is 0.178 e. The second kappa shape index (κ2) is 11.3. The largest absolute Gasteiger partial charge is 0.497 e. The number of benzene rings is 6. The van der Waals surface area contributed by atoms with Crippen molar-refractivity contribution in [3.8, 4) is 22.6 Å². The summed E-state index contributed by atoms with van der Waals surface area (Å²) in [7, 11) is 5.86. The molecule has 1 unspecified atom stereocenters. The molecule has 0 aromatic heterocycles. The van der Waals surface area contributed by atoms with Gasteiger partial charge in [-0.2, -0.15) is 0 Å². The number of hydrogen-bond donors (Lipinski definition) is 0. The molecule has 4 heteroatoms. The van der Waals surface area contributed by atoms with Gasteiger partial charge in [0.1, 0.15) is 11.5 Å². The predicted octanol–water partition coefficient (Wildman–Crippen LogP) is 9.83. The van der Waals surface area contributed by atoms with Gasteiger partial charge in [0.05, 0.1) is 7.11 Å². The molecule has 49 heavy (non-hydrogen) atoms. The Bertz CT molecular complexity index is 2210. The zero-order chi connectivity index (χ0) is 33.2. The highest BCUT2D eigenvalue weighted by atomic mass is 16.5. The quantitative estimate of drug-likeness (QED) is 0.187. The fourth-order valence-corrected chi connectivity index (χ4v) is 8.75. The second-order valence-electron chi connectivity index (χ2n) is 13.8. The third-order valence-electron chi connectivity index (χ3n) is 11.2. The lowest BCUT2D eigenvalue weighted by atomic mass is 9.68. The number of fused-ring (bicyclic) bond motifs is 10. The van der Waals surface area contributed by atoms with Crippen LogP contribution < -0.4 is 19.3 Å². The minimum absolute atomic E-state index is 0.105. The van der Waals surface area contributed by atoms with Crippen molar-refractivity contribution in [2.75, 3.05) is 44.1 Å². The highest BCUT2D eigenvalue weighted by Gasteiger charge is 2.49. The monoisotopic (exact) mass is 640 g/mol. The summed E-state index contributed by atoms with van der Waals surface area (Å²) in [6.45, 7) is 2.00. The summed E-state index contributed by atoms with van der Waals surface area (Å²) in [5, 5.41) is 2.41. The van der Waals surface area contributed by atoms with Crippen LogP contribution in [0.4, 0.5) is 11.4 Å². The summed E-state index contributed by atoms with van der Waals surface area (Å²) < 4.78 is 13.1. The number of rotatable bonds is 5. The van der Waals surface area contributed by atoms with Gasteiger partial charge in [-0.15, -0.1) is 0 Å². The molecule has 6 aromatic rings. The van der Waals surface area contributed by atoms with E-state index in [0.717, 1.165) is 59.6 Å². The molecule has 0 N–H and O–H groups in total. The fourth-order valence-electron chi connectivity index (χ4n) is 8.75. The minimum Gasteiger partial charge on any atom is -0.497 e. The van der Waals surface area contributed by atoms with Crippen molar-refractivity contribution in [1.82, 2.24) is 0 Å². The Morgan fingerprint density at radius 2 is 1.33 bits per heavy atom. The molecule has 4 nitrogen and oxygen atoms in total. The van der Waals surface area contributed by atoms with E-state index in [-0.39, 0.29) is 5.41 Å². The average molecular weight is 641 g/mol. The third-order valence-corrected chi connectivity index (χ3v) is 11.2. The number of methoxy groups -OCH3 is 1. The van der Waals surface area contributed by atoms with Gasteiger partial charge in [-0.05, 0) is 83.0 Å². The molecule has 1 saturated heterocycles. The Balaban J connectivity index is 1.26. The molecule has 0 saturated carbocycles. The lowest BCUT2D eigenvalue weighted by Gasteiger charge is -2.44. The first-order valence-electron chi connectivity index (χ1n) is 17.3. The van der Waals surface area contributed by atoms with Crippen molar-refractivity contribution < 1.29 is 9.47 Å². The van der Waals surface area contributed by atoms with Crippen LogP contribution >= 0.6 is 0 Å². The molecule has 2 heterocycles. The summed E-state index contributed by atoms with van der Waals surface area (Å²) >= 11 is 0. The molecule has 1 spiro atoms. The minimum atomic E-state index is -0.823. The van der Waals surface area contributed by atoms with Gasteiger partial charge < -0.3 is 19.3 Å². The van der Waals surface area contributed by atoms with Crippen LogP contribution in [-0.2, 0) is 11.0 Å². The zero-order valence-electron chi connectivity index (χ0n) is 28.3. The molecular formula is C45H40N2O2. The first kappa shape index (κ1) is 29.6. The van der Waals surface area contributed by atoms with Crippen molar-refractivity contribution in [1.29, 1.82) is 0 Å². The molecule has 0 radical (unpaired) electrons. The Morgan fingerprint density at radius 1 is 0.694 bits per heavy atom. The molecule has 0 bridgehead atoms. The number of ether oxygens (including phenoxy) is 2. The van der Waals surface area contributed by atoms with E-state index < -0.39 is 5.60 Å². The SMILES string of the molecule is COc1ccc(C2(c3ccc(N(C)C)cc3)C=Cc3c4c(c5ccccc5c3O2)-c2ccccc2C42CCN(c3ccccc3)CC2)cc1. The molecule has 3 aliphatic rings. The van der Waals surface area contributed by atoms with Crippen molar-refractivity contribution in [2.24, 2.45) is 0 Å². The van der Waals surface area contributed by atoms with Crippen LogP contribution in [0.2, 0.25) is 0 Å². The van der Waals surface area contributed by atoms with Crippen LogP contribution in [0.3, 0.4) is 0 Å². The van der Waals surface area contributed by atoms with Gasteiger partial charge >= 0.3 is 0 Å². The van der Waals surface area contributed by atoms with Gasteiger partial charge in [0.2, 0.25) is 0 Å². The predicted molar refractivity (Wildman–Crippen MR) is 202 cm³/mol. The fraction of sp³-hybridized carbons (Fsp3) is 0.200. The Labute approximate surface area is 288 Å². The molecule has 6 aromatic carbocycles. The summed E-state index contributed by atoms with van der Waals surface area (Å²) in [6.07, 6.45) is 6.76. The standard InChI is InChI=1S/C45H40N2O2/c1-46(2)33-21-17-31(18-22-33)45(32-19-23-35(48-3)24-20-32)26-25-39-42-41(36-13-7-8-14-37(36)43(39)49-45)38-15-9-10-16-40(38)44(42)27-29-47(30-28-44)34-11-5-4-6-12-34/h4-26H,27-30H2,1-3H3. The Hall–Kier alpha value is -5.48. The Kier molecular flexibility index (Phi) is 6.84. The van der Waals surface area contributed by atoms with E-state index in [2.05, 4.69) is 151 Å². The van der Waals surface area contributed by atoms with Gasteiger partial charge in [-0.3, -0.25) is 0 Å². The maximum Gasteiger partial charge on any atom is 0.178 e. The normalized spacial score (nSPS) is 18.5. The summed E-state index contributed by atoms with van der Waals surface area (Å²) in [5.74, 6) is 1.79. The molecule has 242 valence electrons. The van der Waals surface area contributed by atoms with E-state index in [1.807, 2.05) is 12.1 Å². The number of para-hydroxylation sites is 1. The van der Waals surface area contributed by atoms with Crippen LogP contribution in [0.5, 0.6) is 11.5 Å². The van der Waals surface area contributed by atoms with Gasteiger partial charge in [0, 0.05) is 66.1 Å². The number of piperidine rings is 1. The summed E-state index contributed by atoms with van der Waals surface area (Å²) in [4.78, 5) is 4.69. The van der Waals surface area contributed by atoms with Gasteiger partial charge in [-0.25, -0.2) is 0 Å². The topological polar surface area (TPSA) is 24.9 Å². The van der Waals surface area contributed by atoms with Crippen LogP contribution in [0.15, 0.2) is 133 Å². The van der Waals surface area contributed by atoms with Crippen molar-refractivity contribution >= 4 is 28.2 Å². The summed E-state index contributed by atoms with van der Waals surface area (Å²) in [5.41, 5.74) is 10.5. The van der Waals surface area contributed by atoms with Crippen LogP contribution in [0, 0.1) is 0 Å². The second-order valence-corrected chi connectivity index (χ2v) is 13.8. The molecular weight excluding hydrogens is 601 g/mol. The number of hydrogen-bond acceptors (Lipinski definition) is 4. The molecule has 1 atom stereocenters.